The largest absolute Gasteiger partial charge is 0.497 e. The second kappa shape index (κ2) is 8.59. The van der Waals surface area contributed by atoms with E-state index in [1.165, 1.54) is 43.5 Å². The third-order valence-electron chi connectivity index (χ3n) is 3.15. The average Bonchev–Trinajstić information content (AvgIpc) is 2.62. The summed E-state index contributed by atoms with van der Waals surface area (Å²) in [6, 6.07) is 11.5. The van der Waals surface area contributed by atoms with Gasteiger partial charge in [-0.25, -0.2) is 9.59 Å². The molecule has 0 radical (unpaired) electrons. The van der Waals surface area contributed by atoms with Gasteiger partial charge in [-0.2, -0.15) is 0 Å². The Morgan fingerprint density at radius 1 is 0.852 bits per heavy atom. The number of benzene rings is 2. The number of ketones is 1. The van der Waals surface area contributed by atoms with Crippen LogP contribution in [0.3, 0.4) is 0 Å². The van der Waals surface area contributed by atoms with Gasteiger partial charge >= 0.3 is 19.5 Å². The molecule has 10 heteroatoms. The van der Waals surface area contributed by atoms with Crippen molar-refractivity contribution < 1.29 is 42.9 Å². The first kappa shape index (κ1) is 20.3. The maximum atomic E-state index is 12.0. The summed E-state index contributed by atoms with van der Waals surface area (Å²) in [5.41, 5.74) is 0.300. The van der Waals surface area contributed by atoms with Gasteiger partial charge in [-0.1, -0.05) is 0 Å². The molecule has 2 aromatic rings. The standard InChI is InChI=1S/C17H15O9P/c1-24-12-4-2-11(3-5-12)16(19)25-13-6-8-14(9-7-13)26-17(20)15(18)10-27(21,22)23/h2-9H,10H2,1H3,(H2,21,22,23). The monoisotopic (exact) mass is 394 g/mol. The van der Waals surface area contributed by atoms with Crippen LogP contribution in [0.2, 0.25) is 0 Å². The Morgan fingerprint density at radius 3 is 1.81 bits per heavy atom. The Hall–Kier alpha value is -3.00. The number of hydrogen-bond acceptors (Lipinski definition) is 7. The average molecular weight is 394 g/mol. The van der Waals surface area contributed by atoms with E-state index in [9.17, 15) is 18.9 Å². The molecular weight excluding hydrogens is 379 g/mol. The smallest absolute Gasteiger partial charge is 0.380 e. The molecule has 0 aliphatic heterocycles. The summed E-state index contributed by atoms with van der Waals surface area (Å²) in [7, 11) is -3.15. The quantitative estimate of drug-likeness (QED) is 0.310. The lowest BCUT2D eigenvalue weighted by molar-refractivity contribution is -0.146. The van der Waals surface area contributed by atoms with Crippen LogP contribution in [0.4, 0.5) is 0 Å². The molecule has 0 unspecified atom stereocenters. The number of rotatable bonds is 7. The zero-order chi connectivity index (χ0) is 20.0. The number of Topliss-reactive ketones (excluding diaryl/α,β-unsaturated/α-hetero) is 1. The highest BCUT2D eigenvalue weighted by Gasteiger charge is 2.26. The van der Waals surface area contributed by atoms with Crippen LogP contribution in [0, 0.1) is 0 Å². The molecule has 0 spiro atoms. The zero-order valence-electron chi connectivity index (χ0n) is 14.0. The van der Waals surface area contributed by atoms with E-state index in [0.29, 0.717) is 11.3 Å². The summed E-state index contributed by atoms with van der Waals surface area (Å²) < 4.78 is 25.6. The van der Waals surface area contributed by atoms with Gasteiger partial charge in [0.25, 0.3) is 5.78 Å². The second-order valence-corrected chi connectivity index (χ2v) is 6.87. The van der Waals surface area contributed by atoms with Crippen LogP contribution in [0.15, 0.2) is 48.5 Å². The number of carbonyl (C=O) groups is 3. The van der Waals surface area contributed by atoms with Gasteiger partial charge < -0.3 is 24.0 Å². The molecule has 9 nitrogen and oxygen atoms in total. The lowest BCUT2D eigenvalue weighted by Gasteiger charge is -2.07. The molecule has 0 aliphatic carbocycles. The molecule has 2 aromatic carbocycles. The van der Waals surface area contributed by atoms with Gasteiger partial charge in [0, 0.05) is 0 Å². The van der Waals surface area contributed by atoms with Gasteiger partial charge in [0.1, 0.15) is 23.4 Å². The van der Waals surface area contributed by atoms with E-state index in [1.54, 1.807) is 12.1 Å². The first-order valence-corrected chi connectivity index (χ1v) is 9.23. The van der Waals surface area contributed by atoms with Crippen molar-refractivity contribution in [3.63, 3.8) is 0 Å². The maximum absolute atomic E-state index is 12.0. The van der Waals surface area contributed by atoms with Gasteiger partial charge in [-0.05, 0) is 48.5 Å². The molecule has 0 aromatic heterocycles. The van der Waals surface area contributed by atoms with Crippen LogP contribution < -0.4 is 14.2 Å². The van der Waals surface area contributed by atoms with E-state index in [0.717, 1.165) is 0 Å². The molecule has 27 heavy (non-hydrogen) atoms. The summed E-state index contributed by atoms with van der Waals surface area (Å²) in [5, 5.41) is 0. The normalized spacial score (nSPS) is 10.8. The van der Waals surface area contributed by atoms with Gasteiger partial charge in [0.15, 0.2) is 0 Å². The first-order chi connectivity index (χ1) is 12.7. The maximum Gasteiger partial charge on any atom is 0.380 e. The van der Waals surface area contributed by atoms with E-state index >= 15 is 0 Å². The van der Waals surface area contributed by atoms with Crippen molar-refractivity contribution >= 4 is 25.3 Å². The predicted molar refractivity (Wildman–Crippen MR) is 91.9 cm³/mol. The predicted octanol–water partition coefficient (Wildman–Crippen LogP) is 1.57. The van der Waals surface area contributed by atoms with Gasteiger partial charge in [0.05, 0.1) is 12.7 Å². The number of hydrogen-bond donors (Lipinski definition) is 2. The van der Waals surface area contributed by atoms with Crippen LogP contribution in [0.5, 0.6) is 17.2 Å². The molecule has 0 atom stereocenters. The molecule has 2 N–H and O–H groups in total. The van der Waals surface area contributed by atoms with Crippen LogP contribution >= 0.6 is 7.60 Å². The Balaban J connectivity index is 1.96. The molecule has 0 fully saturated rings. The Morgan fingerprint density at radius 2 is 1.33 bits per heavy atom. The highest BCUT2D eigenvalue weighted by Crippen LogP contribution is 2.33. The fourth-order valence-corrected chi connectivity index (χ4v) is 2.39. The van der Waals surface area contributed by atoms with E-state index in [2.05, 4.69) is 0 Å². The third kappa shape index (κ3) is 6.34. The lowest BCUT2D eigenvalue weighted by Crippen LogP contribution is -2.23. The van der Waals surface area contributed by atoms with E-state index < -0.39 is 31.5 Å². The third-order valence-corrected chi connectivity index (χ3v) is 3.85. The van der Waals surface area contributed by atoms with Crippen molar-refractivity contribution in [1.29, 1.82) is 0 Å². The molecule has 0 saturated heterocycles. The second-order valence-electron chi connectivity index (χ2n) is 5.22. The van der Waals surface area contributed by atoms with Crippen LogP contribution in [-0.4, -0.2) is 40.8 Å². The first-order valence-electron chi connectivity index (χ1n) is 7.44. The summed E-state index contributed by atoms with van der Waals surface area (Å²) >= 11 is 0. The summed E-state index contributed by atoms with van der Waals surface area (Å²) in [5.74, 6) is -2.66. The zero-order valence-corrected chi connectivity index (χ0v) is 14.9. The number of ether oxygens (including phenoxy) is 3. The van der Waals surface area contributed by atoms with Crippen molar-refractivity contribution in [3.05, 3.63) is 54.1 Å². The van der Waals surface area contributed by atoms with Crippen LogP contribution in [0.1, 0.15) is 10.4 Å². The topological polar surface area (TPSA) is 136 Å². The van der Waals surface area contributed by atoms with Gasteiger partial charge in [-0.15, -0.1) is 0 Å². The fourth-order valence-electron chi connectivity index (χ4n) is 1.88. The van der Waals surface area contributed by atoms with Gasteiger partial charge in [-0.3, -0.25) is 9.36 Å². The Kier molecular flexibility index (Phi) is 6.46. The van der Waals surface area contributed by atoms with Crippen molar-refractivity contribution in [2.24, 2.45) is 0 Å². The van der Waals surface area contributed by atoms with Crippen molar-refractivity contribution in [2.45, 2.75) is 0 Å². The SMILES string of the molecule is COc1ccc(C(=O)Oc2ccc(OC(=O)C(=O)CP(=O)(O)O)cc2)cc1. The molecule has 0 aliphatic rings. The number of esters is 2. The Bertz CT molecular complexity index is 882. The number of carbonyl (C=O) groups excluding carboxylic acids is 3. The minimum atomic E-state index is -4.65. The number of methoxy groups -OCH3 is 1. The molecule has 2 rings (SSSR count). The summed E-state index contributed by atoms with van der Waals surface area (Å²) in [6.45, 7) is 0. The highest BCUT2D eigenvalue weighted by atomic mass is 31.2. The molecule has 0 amide bonds. The van der Waals surface area contributed by atoms with Crippen LogP contribution in [-0.2, 0) is 14.2 Å². The van der Waals surface area contributed by atoms with Crippen LogP contribution in [0.25, 0.3) is 0 Å². The molecule has 142 valence electrons. The van der Waals surface area contributed by atoms with Gasteiger partial charge in [0.2, 0.25) is 0 Å². The highest BCUT2D eigenvalue weighted by molar-refractivity contribution is 7.53. The minimum absolute atomic E-state index is 0.0525. The van der Waals surface area contributed by atoms with E-state index in [4.69, 9.17) is 24.0 Å². The van der Waals surface area contributed by atoms with E-state index in [-0.39, 0.29) is 11.5 Å². The van der Waals surface area contributed by atoms with Crippen molar-refractivity contribution in [3.8, 4) is 17.2 Å². The lowest BCUT2D eigenvalue weighted by atomic mass is 10.2. The molecule has 0 saturated carbocycles. The summed E-state index contributed by atoms with van der Waals surface area (Å²) in [6.07, 6.45) is -1.23. The van der Waals surface area contributed by atoms with Crippen molar-refractivity contribution in [1.82, 2.24) is 0 Å². The minimum Gasteiger partial charge on any atom is -0.497 e. The Labute approximate surface area is 153 Å². The van der Waals surface area contributed by atoms with E-state index in [1.807, 2.05) is 0 Å². The molecule has 0 bridgehead atoms. The fraction of sp³-hybridized carbons (Fsp3) is 0.118. The molecule has 0 heterocycles. The molecular formula is C17H15O9P. The summed E-state index contributed by atoms with van der Waals surface area (Å²) in [4.78, 5) is 52.2. The van der Waals surface area contributed by atoms with Crippen molar-refractivity contribution in [2.75, 3.05) is 13.3 Å².